The number of amides is 1. The molecule has 76 valence electrons. The maximum absolute atomic E-state index is 11.9. The van der Waals surface area contributed by atoms with Gasteiger partial charge in [-0.05, 0) is 18.3 Å². The van der Waals surface area contributed by atoms with E-state index in [1.807, 2.05) is 4.90 Å². The van der Waals surface area contributed by atoms with Crippen molar-refractivity contribution in [3.05, 3.63) is 0 Å². The van der Waals surface area contributed by atoms with Gasteiger partial charge in [0.2, 0.25) is 5.91 Å². The molecule has 0 bridgehead atoms. The average molecular weight is 295 g/mol. The molecule has 1 rings (SSSR count). The highest BCUT2D eigenvalue weighted by Gasteiger charge is 2.28. The fourth-order valence-corrected chi connectivity index (χ4v) is 1.99. The van der Waals surface area contributed by atoms with Crippen LogP contribution >= 0.6 is 22.6 Å². The van der Waals surface area contributed by atoms with Gasteiger partial charge in [-0.2, -0.15) is 0 Å². The van der Waals surface area contributed by atoms with Crippen LogP contribution in [0.4, 0.5) is 0 Å². The Balaban J connectivity index is 2.48. The Morgan fingerprint density at radius 2 is 2.15 bits per heavy atom. The first kappa shape index (κ1) is 11.3. The molecule has 1 aliphatic rings. The average Bonchev–Trinajstić information content (AvgIpc) is 2.49. The first-order valence-electron chi connectivity index (χ1n) is 4.95. The third-order valence-electron chi connectivity index (χ3n) is 2.56. The number of hydrogen-bond acceptors (Lipinski definition) is 1. The lowest BCUT2D eigenvalue weighted by Crippen LogP contribution is -2.36. The van der Waals surface area contributed by atoms with Gasteiger partial charge < -0.3 is 4.90 Å². The van der Waals surface area contributed by atoms with E-state index in [1.165, 1.54) is 6.42 Å². The summed E-state index contributed by atoms with van der Waals surface area (Å²) in [4.78, 5) is 13.9. The molecule has 3 heteroatoms. The number of hydrogen-bond donors (Lipinski definition) is 0. The molecule has 1 aliphatic heterocycles. The van der Waals surface area contributed by atoms with Crippen molar-refractivity contribution < 1.29 is 4.79 Å². The molecule has 1 saturated heterocycles. The third-order valence-corrected chi connectivity index (χ3v) is 4.53. The number of carbonyl (C=O) groups excluding carboxylic acids is 1. The minimum atomic E-state index is 0.155. The zero-order chi connectivity index (χ0) is 10.0. The van der Waals surface area contributed by atoms with Gasteiger partial charge in [0.05, 0.1) is 3.92 Å². The summed E-state index contributed by atoms with van der Waals surface area (Å²) in [5.41, 5.74) is 0. The summed E-state index contributed by atoms with van der Waals surface area (Å²) < 4.78 is 0.155. The first-order valence-corrected chi connectivity index (χ1v) is 6.19. The highest BCUT2D eigenvalue weighted by molar-refractivity contribution is 14.1. The number of likely N-dealkylation sites (tertiary alicyclic amines) is 1. The lowest BCUT2D eigenvalue weighted by Gasteiger charge is -2.21. The van der Waals surface area contributed by atoms with Gasteiger partial charge in [0.1, 0.15) is 0 Å². The highest BCUT2D eigenvalue weighted by atomic mass is 127. The molecular weight excluding hydrogens is 277 g/mol. The quantitative estimate of drug-likeness (QED) is 0.565. The van der Waals surface area contributed by atoms with E-state index in [9.17, 15) is 4.79 Å². The highest BCUT2D eigenvalue weighted by Crippen LogP contribution is 2.21. The SMILES string of the molecule is CC1CCN(C(=O)C(I)C(C)C)C1. The molecule has 0 spiro atoms. The summed E-state index contributed by atoms with van der Waals surface area (Å²) in [6, 6.07) is 0. The van der Waals surface area contributed by atoms with E-state index in [-0.39, 0.29) is 3.92 Å². The maximum atomic E-state index is 11.9. The Morgan fingerprint density at radius 1 is 1.54 bits per heavy atom. The summed E-state index contributed by atoms with van der Waals surface area (Å²) in [5.74, 6) is 1.48. The molecule has 2 unspecified atom stereocenters. The van der Waals surface area contributed by atoms with E-state index in [1.54, 1.807) is 0 Å². The minimum Gasteiger partial charge on any atom is -0.342 e. The van der Waals surface area contributed by atoms with E-state index in [4.69, 9.17) is 0 Å². The Morgan fingerprint density at radius 3 is 2.54 bits per heavy atom. The van der Waals surface area contributed by atoms with Crippen LogP contribution in [0, 0.1) is 11.8 Å². The predicted octanol–water partition coefficient (Wildman–Crippen LogP) is 2.31. The molecule has 0 radical (unpaired) electrons. The van der Waals surface area contributed by atoms with Gasteiger partial charge in [-0.1, -0.05) is 43.4 Å². The second kappa shape index (κ2) is 4.62. The molecule has 13 heavy (non-hydrogen) atoms. The van der Waals surface area contributed by atoms with Gasteiger partial charge in [0.25, 0.3) is 0 Å². The lowest BCUT2D eigenvalue weighted by atomic mass is 10.1. The molecule has 0 aliphatic carbocycles. The van der Waals surface area contributed by atoms with Crippen LogP contribution < -0.4 is 0 Å². The van der Waals surface area contributed by atoms with E-state index >= 15 is 0 Å². The van der Waals surface area contributed by atoms with E-state index in [2.05, 4.69) is 43.4 Å². The standard InChI is InChI=1S/C10H18INO/c1-7(2)9(11)10(13)12-5-4-8(3)6-12/h7-9H,4-6H2,1-3H3. The van der Waals surface area contributed by atoms with Crippen molar-refractivity contribution >= 4 is 28.5 Å². The van der Waals surface area contributed by atoms with Crippen LogP contribution in [0.5, 0.6) is 0 Å². The molecule has 1 heterocycles. The number of nitrogens with zero attached hydrogens (tertiary/aromatic N) is 1. The summed E-state index contributed by atoms with van der Waals surface area (Å²) >= 11 is 2.26. The van der Waals surface area contributed by atoms with Crippen molar-refractivity contribution in [1.82, 2.24) is 4.90 Å². The minimum absolute atomic E-state index is 0.155. The van der Waals surface area contributed by atoms with Crippen LogP contribution in [0.25, 0.3) is 0 Å². The van der Waals surface area contributed by atoms with Crippen LogP contribution in [-0.4, -0.2) is 27.8 Å². The van der Waals surface area contributed by atoms with E-state index in [0.717, 1.165) is 13.1 Å². The summed E-state index contributed by atoms with van der Waals surface area (Å²) in [6.07, 6.45) is 1.17. The fourth-order valence-electron chi connectivity index (χ4n) is 1.59. The Kier molecular flexibility index (Phi) is 4.01. The fraction of sp³-hybridized carbons (Fsp3) is 0.900. The van der Waals surface area contributed by atoms with Crippen LogP contribution in [0.1, 0.15) is 27.2 Å². The summed E-state index contributed by atoms with van der Waals surface area (Å²) in [5, 5.41) is 0. The lowest BCUT2D eigenvalue weighted by molar-refractivity contribution is -0.129. The van der Waals surface area contributed by atoms with Crippen molar-refractivity contribution in [1.29, 1.82) is 0 Å². The maximum Gasteiger partial charge on any atom is 0.235 e. The summed E-state index contributed by atoms with van der Waals surface area (Å²) in [6.45, 7) is 8.35. The van der Waals surface area contributed by atoms with Gasteiger partial charge in [-0.15, -0.1) is 0 Å². The Labute approximate surface area is 94.2 Å². The van der Waals surface area contributed by atoms with Gasteiger partial charge in [-0.3, -0.25) is 4.79 Å². The second-order valence-corrected chi connectivity index (χ2v) is 5.67. The zero-order valence-electron chi connectivity index (χ0n) is 8.59. The van der Waals surface area contributed by atoms with Crippen LogP contribution in [-0.2, 0) is 4.79 Å². The molecular formula is C10H18INO. The van der Waals surface area contributed by atoms with Gasteiger partial charge in [-0.25, -0.2) is 0 Å². The summed E-state index contributed by atoms with van der Waals surface area (Å²) in [7, 11) is 0. The Hall–Kier alpha value is 0.200. The number of halogens is 1. The van der Waals surface area contributed by atoms with Crippen molar-refractivity contribution in [2.45, 2.75) is 31.1 Å². The predicted molar refractivity (Wildman–Crippen MR) is 63.0 cm³/mol. The largest absolute Gasteiger partial charge is 0.342 e. The molecule has 2 atom stereocenters. The molecule has 0 aromatic carbocycles. The second-order valence-electron chi connectivity index (χ2n) is 4.32. The zero-order valence-corrected chi connectivity index (χ0v) is 10.7. The van der Waals surface area contributed by atoms with Gasteiger partial charge >= 0.3 is 0 Å². The number of alkyl halides is 1. The van der Waals surface area contributed by atoms with Crippen LogP contribution in [0.3, 0.4) is 0 Å². The smallest absolute Gasteiger partial charge is 0.235 e. The number of carbonyl (C=O) groups is 1. The molecule has 0 aromatic heterocycles. The molecule has 2 nitrogen and oxygen atoms in total. The molecule has 1 fully saturated rings. The van der Waals surface area contributed by atoms with Crippen molar-refractivity contribution in [3.63, 3.8) is 0 Å². The van der Waals surface area contributed by atoms with Gasteiger partial charge in [0, 0.05) is 13.1 Å². The van der Waals surface area contributed by atoms with Crippen molar-refractivity contribution in [2.75, 3.05) is 13.1 Å². The number of rotatable bonds is 2. The Bertz CT molecular complexity index is 193. The van der Waals surface area contributed by atoms with Crippen molar-refractivity contribution in [2.24, 2.45) is 11.8 Å². The molecule has 0 N–H and O–H groups in total. The topological polar surface area (TPSA) is 20.3 Å². The van der Waals surface area contributed by atoms with Crippen LogP contribution in [0.15, 0.2) is 0 Å². The first-order chi connectivity index (χ1) is 6.02. The molecule has 0 saturated carbocycles. The monoisotopic (exact) mass is 295 g/mol. The van der Waals surface area contributed by atoms with E-state index < -0.39 is 0 Å². The van der Waals surface area contributed by atoms with E-state index in [0.29, 0.717) is 17.7 Å². The normalized spacial score (nSPS) is 25.3. The molecule has 1 amide bonds. The van der Waals surface area contributed by atoms with Crippen molar-refractivity contribution in [3.8, 4) is 0 Å². The van der Waals surface area contributed by atoms with Gasteiger partial charge in [0.15, 0.2) is 0 Å². The molecule has 0 aromatic rings. The third kappa shape index (κ3) is 2.82. The van der Waals surface area contributed by atoms with Crippen LogP contribution in [0.2, 0.25) is 0 Å².